The van der Waals surface area contributed by atoms with E-state index in [-0.39, 0.29) is 0 Å². The summed E-state index contributed by atoms with van der Waals surface area (Å²) in [5.74, 6) is 0. The first-order chi connectivity index (χ1) is 5.54. The Bertz CT molecular complexity index is 110. The molecule has 0 fully saturated rings. The Balaban J connectivity index is 3.99. The van der Waals surface area contributed by atoms with Crippen molar-refractivity contribution in [1.82, 2.24) is 0 Å². The molecule has 4 unspecified atom stereocenters. The van der Waals surface area contributed by atoms with Crippen LogP contribution in [0.1, 0.15) is 0 Å². The molecule has 74 valence electrons. The molecule has 4 N–H and O–H groups in total. The Morgan fingerprint density at radius 2 is 1.00 bits per heavy atom. The molecule has 4 nitrogen and oxygen atoms in total. The number of aliphatic hydroxyl groups is 4. The fraction of sp³-hybridized carbons (Fsp3) is 1.00. The molecule has 0 radical (unpaired) electrons. The molecular weight excluding hydrogens is 390 g/mol. The minimum Gasteiger partial charge on any atom is -0.390 e. The van der Waals surface area contributed by atoms with Crippen molar-refractivity contribution in [1.29, 1.82) is 0 Å². The molecule has 12 heavy (non-hydrogen) atoms. The highest BCUT2D eigenvalue weighted by Gasteiger charge is 2.28. The molecule has 0 rings (SSSR count). The molecular formula is C6H12I2O4. The van der Waals surface area contributed by atoms with Gasteiger partial charge >= 0.3 is 0 Å². The lowest BCUT2D eigenvalue weighted by Gasteiger charge is -2.24. The van der Waals surface area contributed by atoms with Crippen molar-refractivity contribution < 1.29 is 20.4 Å². The number of aliphatic hydroxyl groups excluding tert-OH is 4. The van der Waals surface area contributed by atoms with E-state index in [0.29, 0.717) is 8.86 Å². The van der Waals surface area contributed by atoms with E-state index in [4.69, 9.17) is 10.2 Å². The molecule has 0 aromatic heterocycles. The van der Waals surface area contributed by atoms with Crippen molar-refractivity contribution in [3.63, 3.8) is 0 Å². The normalized spacial score (nSPS) is 21.5. The van der Waals surface area contributed by atoms with Crippen molar-refractivity contribution in [2.24, 2.45) is 0 Å². The Labute approximate surface area is 98.3 Å². The summed E-state index contributed by atoms with van der Waals surface area (Å²) in [6, 6.07) is 0. The Hall–Kier alpha value is 1.30. The first-order valence-electron chi connectivity index (χ1n) is 3.38. The number of halogens is 2. The van der Waals surface area contributed by atoms with Crippen LogP contribution in [0.15, 0.2) is 0 Å². The van der Waals surface area contributed by atoms with Crippen molar-refractivity contribution >= 4 is 45.2 Å². The fourth-order valence-corrected chi connectivity index (χ4v) is 1.68. The fourth-order valence-electron chi connectivity index (χ4n) is 0.638. The van der Waals surface area contributed by atoms with Crippen molar-refractivity contribution in [3.05, 3.63) is 0 Å². The second kappa shape index (κ2) is 6.71. The summed E-state index contributed by atoms with van der Waals surface area (Å²) in [4.78, 5) is 0. The second-order valence-corrected chi connectivity index (χ2v) is 4.19. The van der Waals surface area contributed by atoms with Gasteiger partial charge in [-0.2, -0.15) is 0 Å². The minimum absolute atomic E-state index is 0.323. The van der Waals surface area contributed by atoms with Crippen LogP contribution in [0, 0.1) is 0 Å². The minimum atomic E-state index is -1.27. The molecule has 0 aliphatic carbocycles. The van der Waals surface area contributed by atoms with Crippen LogP contribution in [0.25, 0.3) is 0 Å². The molecule has 0 saturated heterocycles. The lowest BCUT2D eigenvalue weighted by Crippen LogP contribution is -2.45. The topological polar surface area (TPSA) is 80.9 Å². The summed E-state index contributed by atoms with van der Waals surface area (Å²) in [5.41, 5.74) is 0. The quantitative estimate of drug-likeness (QED) is 0.363. The summed E-state index contributed by atoms with van der Waals surface area (Å²) < 4.78 is 0.647. The van der Waals surface area contributed by atoms with Gasteiger partial charge in [-0.05, 0) is 0 Å². The van der Waals surface area contributed by atoms with Gasteiger partial charge in [0.15, 0.2) is 0 Å². The molecule has 0 saturated carbocycles. The molecule has 0 aliphatic heterocycles. The highest BCUT2D eigenvalue weighted by Crippen LogP contribution is 2.08. The lowest BCUT2D eigenvalue weighted by atomic mass is 10.1. The van der Waals surface area contributed by atoms with Gasteiger partial charge in [0.2, 0.25) is 0 Å². The Kier molecular flexibility index (Phi) is 7.44. The lowest BCUT2D eigenvalue weighted by molar-refractivity contribution is -0.0908. The number of rotatable bonds is 5. The average molecular weight is 402 g/mol. The smallest absolute Gasteiger partial charge is 0.109 e. The van der Waals surface area contributed by atoms with Crippen LogP contribution in [-0.2, 0) is 0 Å². The third-order valence-electron chi connectivity index (χ3n) is 1.45. The monoisotopic (exact) mass is 402 g/mol. The molecule has 4 atom stereocenters. The van der Waals surface area contributed by atoms with Gasteiger partial charge in [-0.3, -0.25) is 0 Å². The second-order valence-electron chi connectivity index (χ2n) is 2.42. The predicted octanol–water partition coefficient (Wildman–Crippen LogP) is -0.700. The van der Waals surface area contributed by atoms with E-state index in [2.05, 4.69) is 0 Å². The van der Waals surface area contributed by atoms with E-state index in [1.165, 1.54) is 0 Å². The molecule has 0 aromatic rings. The van der Waals surface area contributed by atoms with Crippen LogP contribution < -0.4 is 0 Å². The zero-order chi connectivity index (χ0) is 9.72. The van der Waals surface area contributed by atoms with E-state index in [1.54, 1.807) is 0 Å². The van der Waals surface area contributed by atoms with E-state index in [0.717, 1.165) is 0 Å². The van der Waals surface area contributed by atoms with Gasteiger partial charge in [0.05, 0.1) is 12.2 Å². The first kappa shape index (κ1) is 13.3. The summed E-state index contributed by atoms with van der Waals surface area (Å²) in [7, 11) is 0. The van der Waals surface area contributed by atoms with Crippen LogP contribution in [0.5, 0.6) is 0 Å². The van der Waals surface area contributed by atoms with Crippen LogP contribution in [-0.4, -0.2) is 53.7 Å². The van der Waals surface area contributed by atoms with Crippen LogP contribution >= 0.6 is 45.2 Å². The van der Waals surface area contributed by atoms with Gasteiger partial charge in [0.1, 0.15) is 12.2 Å². The summed E-state index contributed by atoms with van der Waals surface area (Å²) in [6.45, 7) is 0. The molecule has 0 heterocycles. The van der Waals surface area contributed by atoms with Gasteiger partial charge in [0.25, 0.3) is 0 Å². The third-order valence-corrected chi connectivity index (χ3v) is 3.26. The third kappa shape index (κ3) is 4.01. The highest BCUT2D eigenvalue weighted by molar-refractivity contribution is 14.1. The first-order valence-corrected chi connectivity index (χ1v) is 6.43. The van der Waals surface area contributed by atoms with Crippen LogP contribution in [0.4, 0.5) is 0 Å². The summed E-state index contributed by atoms with van der Waals surface area (Å²) >= 11 is 3.79. The maximum atomic E-state index is 9.22. The van der Waals surface area contributed by atoms with Gasteiger partial charge < -0.3 is 20.4 Å². The summed E-state index contributed by atoms with van der Waals surface area (Å²) in [6.07, 6.45) is -4.52. The number of alkyl halides is 2. The molecule has 0 aliphatic rings. The molecule has 0 bridgehead atoms. The SMILES string of the molecule is OC(CI)C(O)C(O)C(O)CI. The van der Waals surface area contributed by atoms with E-state index < -0.39 is 24.4 Å². The average Bonchev–Trinajstić information content (AvgIpc) is 2.12. The van der Waals surface area contributed by atoms with Crippen LogP contribution in [0.2, 0.25) is 0 Å². The Morgan fingerprint density at radius 3 is 1.17 bits per heavy atom. The zero-order valence-electron chi connectivity index (χ0n) is 6.27. The number of hydrogen-bond donors (Lipinski definition) is 4. The zero-order valence-corrected chi connectivity index (χ0v) is 10.6. The van der Waals surface area contributed by atoms with Crippen LogP contribution in [0.3, 0.4) is 0 Å². The predicted molar refractivity (Wildman–Crippen MR) is 61.8 cm³/mol. The number of hydrogen-bond acceptors (Lipinski definition) is 4. The molecule has 0 amide bonds. The van der Waals surface area contributed by atoms with E-state index >= 15 is 0 Å². The maximum Gasteiger partial charge on any atom is 0.109 e. The van der Waals surface area contributed by atoms with Gasteiger partial charge in [-0.1, -0.05) is 45.2 Å². The van der Waals surface area contributed by atoms with Gasteiger partial charge in [-0.25, -0.2) is 0 Å². The molecule has 0 aromatic carbocycles. The standard InChI is InChI=1S/C6H12I2O4/c7-1-3(9)5(11)6(12)4(10)2-8/h3-6,9-12H,1-2H2. The molecule has 0 spiro atoms. The van der Waals surface area contributed by atoms with Crippen molar-refractivity contribution in [3.8, 4) is 0 Å². The largest absolute Gasteiger partial charge is 0.390 e. The van der Waals surface area contributed by atoms with Gasteiger partial charge in [-0.15, -0.1) is 0 Å². The van der Waals surface area contributed by atoms with E-state index in [1.807, 2.05) is 45.2 Å². The summed E-state index contributed by atoms with van der Waals surface area (Å²) in [5, 5.41) is 36.7. The maximum absolute atomic E-state index is 9.22. The van der Waals surface area contributed by atoms with Gasteiger partial charge in [0, 0.05) is 8.86 Å². The van der Waals surface area contributed by atoms with Crippen molar-refractivity contribution in [2.45, 2.75) is 24.4 Å². The Morgan fingerprint density at radius 1 is 0.750 bits per heavy atom. The molecule has 6 heteroatoms. The van der Waals surface area contributed by atoms with Crippen molar-refractivity contribution in [2.75, 3.05) is 8.86 Å². The highest BCUT2D eigenvalue weighted by atomic mass is 127. The van der Waals surface area contributed by atoms with E-state index in [9.17, 15) is 10.2 Å².